The molecular weight excluding hydrogens is 220 g/mol. The van der Waals surface area contributed by atoms with Crippen LogP contribution in [-0.4, -0.2) is 22.8 Å². The van der Waals surface area contributed by atoms with Crippen molar-refractivity contribution >= 4 is 11.3 Å². The van der Waals surface area contributed by atoms with Crippen LogP contribution in [-0.2, 0) is 11.3 Å². The molecule has 2 aromatic heterocycles. The first-order valence-corrected chi connectivity index (χ1v) is 6.44. The zero-order valence-electron chi connectivity index (χ0n) is 9.00. The monoisotopic (exact) mass is 234 g/mol. The third-order valence-electron chi connectivity index (χ3n) is 2.94. The third kappa shape index (κ3) is 1.90. The van der Waals surface area contributed by atoms with Gasteiger partial charge in [-0.25, -0.2) is 4.98 Å². The van der Waals surface area contributed by atoms with Crippen molar-refractivity contribution in [3.63, 3.8) is 0 Å². The molecule has 2 aromatic rings. The minimum Gasteiger partial charge on any atom is -0.381 e. The Morgan fingerprint density at radius 2 is 2.56 bits per heavy atom. The molecule has 0 amide bonds. The summed E-state index contributed by atoms with van der Waals surface area (Å²) in [6.45, 7) is 2.82. The number of imidazole rings is 1. The summed E-state index contributed by atoms with van der Waals surface area (Å²) < 4.78 is 7.65. The fraction of sp³-hybridized carbons (Fsp3) is 0.417. The van der Waals surface area contributed by atoms with E-state index in [4.69, 9.17) is 4.74 Å². The van der Waals surface area contributed by atoms with Crippen molar-refractivity contribution in [2.75, 3.05) is 13.2 Å². The van der Waals surface area contributed by atoms with Gasteiger partial charge in [0.15, 0.2) is 0 Å². The maximum absolute atomic E-state index is 5.41. The van der Waals surface area contributed by atoms with E-state index in [9.17, 15) is 0 Å². The average molecular weight is 234 g/mol. The molecule has 1 fully saturated rings. The highest BCUT2D eigenvalue weighted by molar-refractivity contribution is 7.13. The Labute approximate surface area is 98.7 Å². The molecule has 16 heavy (non-hydrogen) atoms. The number of ether oxygens (including phenoxy) is 1. The van der Waals surface area contributed by atoms with Crippen molar-refractivity contribution in [1.82, 2.24) is 9.55 Å². The average Bonchev–Trinajstić information content (AvgIpc) is 2.98. The van der Waals surface area contributed by atoms with Gasteiger partial charge in [0.2, 0.25) is 0 Å². The van der Waals surface area contributed by atoms with Crippen LogP contribution >= 0.6 is 11.3 Å². The molecule has 1 aliphatic heterocycles. The van der Waals surface area contributed by atoms with E-state index in [0.717, 1.165) is 25.6 Å². The Morgan fingerprint density at radius 1 is 1.56 bits per heavy atom. The van der Waals surface area contributed by atoms with E-state index < -0.39 is 0 Å². The molecule has 1 saturated heterocycles. The zero-order valence-corrected chi connectivity index (χ0v) is 9.82. The Morgan fingerprint density at radius 3 is 3.31 bits per heavy atom. The molecule has 4 heteroatoms. The summed E-state index contributed by atoms with van der Waals surface area (Å²) in [6.07, 6.45) is 5.11. The van der Waals surface area contributed by atoms with Gasteiger partial charge in [-0.3, -0.25) is 0 Å². The Balaban J connectivity index is 1.82. The van der Waals surface area contributed by atoms with Crippen molar-refractivity contribution in [3.8, 4) is 10.7 Å². The van der Waals surface area contributed by atoms with Crippen LogP contribution in [0.1, 0.15) is 6.42 Å². The molecule has 0 aliphatic carbocycles. The lowest BCUT2D eigenvalue weighted by Crippen LogP contribution is -2.10. The van der Waals surface area contributed by atoms with Gasteiger partial charge in [0.1, 0.15) is 5.82 Å². The van der Waals surface area contributed by atoms with Gasteiger partial charge in [-0.15, -0.1) is 11.3 Å². The summed E-state index contributed by atoms with van der Waals surface area (Å²) in [4.78, 5) is 5.67. The molecular formula is C12H14N2OS. The quantitative estimate of drug-likeness (QED) is 0.816. The predicted octanol–water partition coefficient (Wildman–Crippen LogP) is 2.65. The Kier molecular flexibility index (Phi) is 2.76. The number of nitrogens with zero attached hydrogens (tertiary/aromatic N) is 2. The lowest BCUT2D eigenvalue weighted by Gasteiger charge is -2.10. The van der Waals surface area contributed by atoms with Gasteiger partial charge in [-0.05, 0) is 17.9 Å². The van der Waals surface area contributed by atoms with Crippen LogP contribution in [0.15, 0.2) is 29.9 Å². The summed E-state index contributed by atoms with van der Waals surface area (Å²) in [5.41, 5.74) is 0. The van der Waals surface area contributed by atoms with Crippen LogP contribution < -0.4 is 0 Å². The van der Waals surface area contributed by atoms with Crippen molar-refractivity contribution in [2.45, 2.75) is 13.0 Å². The van der Waals surface area contributed by atoms with Gasteiger partial charge >= 0.3 is 0 Å². The second kappa shape index (κ2) is 4.39. The van der Waals surface area contributed by atoms with Gasteiger partial charge < -0.3 is 9.30 Å². The van der Waals surface area contributed by atoms with E-state index in [1.807, 2.05) is 6.20 Å². The van der Waals surface area contributed by atoms with Gasteiger partial charge in [0.05, 0.1) is 11.5 Å². The van der Waals surface area contributed by atoms with Crippen molar-refractivity contribution in [1.29, 1.82) is 0 Å². The number of rotatable bonds is 3. The third-order valence-corrected chi connectivity index (χ3v) is 3.80. The van der Waals surface area contributed by atoms with E-state index in [2.05, 4.69) is 33.3 Å². The molecule has 1 unspecified atom stereocenters. The highest BCUT2D eigenvalue weighted by Crippen LogP contribution is 2.24. The van der Waals surface area contributed by atoms with Crippen molar-refractivity contribution in [2.24, 2.45) is 5.92 Å². The van der Waals surface area contributed by atoms with Crippen molar-refractivity contribution in [3.05, 3.63) is 29.9 Å². The van der Waals surface area contributed by atoms with Gasteiger partial charge in [0.25, 0.3) is 0 Å². The Bertz CT molecular complexity index is 443. The van der Waals surface area contributed by atoms with Gasteiger partial charge in [-0.2, -0.15) is 0 Å². The highest BCUT2D eigenvalue weighted by Gasteiger charge is 2.17. The van der Waals surface area contributed by atoms with E-state index in [1.165, 1.54) is 11.3 Å². The normalized spacial score (nSPS) is 20.4. The summed E-state index contributed by atoms with van der Waals surface area (Å²) in [5, 5.41) is 2.09. The number of hydrogen-bond acceptors (Lipinski definition) is 3. The molecule has 1 atom stereocenters. The molecule has 0 saturated carbocycles. The highest BCUT2D eigenvalue weighted by atomic mass is 32.1. The lowest BCUT2D eigenvalue weighted by molar-refractivity contribution is 0.182. The van der Waals surface area contributed by atoms with Crippen LogP contribution in [0.3, 0.4) is 0 Å². The topological polar surface area (TPSA) is 27.1 Å². The molecule has 0 spiro atoms. The standard InChI is InChI=1S/C12H14N2OS/c1-2-11(16-7-1)12-13-4-5-14(12)8-10-3-6-15-9-10/h1-2,4-5,7,10H,3,6,8-9H2. The molecule has 0 N–H and O–H groups in total. The molecule has 0 bridgehead atoms. The largest absolute Gasteiger partial charge is 0.381 e. The lowest BCUT2D eigenvalue weighted by atomic mass is 10.1. The molecule has 0 radical (unpaired) electrons. The fourth-order valence-corrected chi connectivity index (χ4v) is 2.83. The molecule has 1 aliphatic rings. The number of thiophene rings is 1. The number of hydrogen-bond donors (Lipinski definition) is 0. The summed E-state index contributed by atoms with van der Waals surface area (Å²) >= 11 is 1.74. The SMILES string of the molecule is c1csc(-c2nccn2CC2CCOC2)c1. The smallest absolute Gasteiger partial charge is 0.149 e. The minimum absolute atomic E-state index is 0.646. The second-order valence-electron chi connectivity index (χ2n) is 4.11. The fourth-order valence-electron chi connectivity index (χ4n) is 2.09. The summed E-state index contributed by atoms with van der Waals surface area (Å²) in [6, 6.07) is 4.19. The first kappa shape index (κ1) is 10.1. The molecule has 3 heterocycles. The van der Waals surface area contributed by atoms with E-state index >= 15 is 0 Å². The van der Waals surface area contributed by atoms with Crippen LogP contribution in [0.4, 0.5) is 0 Å². The Hall–Kier alpha value is -1.13. The van der Waals surface area contributed by atoms with Crippen LogP contribution in [0.2, 0.25) is 0 Å². The molecule has 3 rings (SSSR count). The molecule has 84 valence electrons. The van der Waals surface area contributed by atoms with E-state index in [0.29, 0.717) is 5.92 Å². The minimum atomic E-state index is 0.646. The maximum atomic E-state index is 5.41. The predicted molar refractivity (Wildman–Crippen MR) is 64.5 cm³/mol. The second-order valence-corrected chi connectivity index (χ2v) is 5.06. The summed E-state index contributed by atoms with van der Waals surface area (Å²) in [5.74, 6) is 1.73. The maximum Gasteiger partial charge on any atom is 0.149 e. The zero-order chi connectivity index (χ0) is 10.8. The van der Waals surface area contributed by atoms with Crippen LogP contribution in [0.25, 0.3) is 10.7 Å². The summed E-state index contributed by atoms with van der Waals surface area (Å²) in [7, 11) is 0. The molecule has 0 aromatic carbocycles. The van der Waals surface area contributed by atoms with Crippen LogP contribution in [0, 0.1) is 5.92 Å². The number of aromatic nitrogens is 2. The first-order chi connectivity index (χ1) is 7.93. The van der Waals surface area contributed by atoms with Gasteiger partial charge in [-0.1, -0.05) is 6.07 Å². The van der Waals surface area contributed by atoms with E-state index in [-0.39, 0.29) is 0 Å². The van der Waals surface area contributed by atoms with Crippen molar-refractivity contribution < 1.29 is 4.74 Å². The van der Waals surface area contributed by atoms with Gasteiger partial charge in [0, 0.05) is 31.5 Å². The first-order valence-electron chi connectivity index (χ1n) is 5.56. The molecule has 3 nitrogen and oxygen atoms in total. The van der Waals surface area contributed by atoms with E-state index in [1.54, 1.807) is 11.3 Å². The van der Waals surface area contributed by atoms with Crippen LogP contribution in [0.5, 0.6) is 0 Å².